The molecule has 1 aromatic carbocycles. The molecule has 1 amide bonds. The SMILES string of the molecule is COc1cc2c(cc1OS(=O)(=O)NC(C)=O)CCC1C2CC[C@@]2(C)C1CC[C@@H]2O. The minimum absolute atomic E-state index is 0.0121. The van der Waals surface area contributed by atoms with Gasteiger partial charge in [0.05, 0.1) is 13.2 Å². The topological polar surface area (TPSA) is 102 Å². The number of carbonyl (C=O) groups is 1. The van der Waals surface area contributed by atoms with E-state index in [0.717, 1.165) is 51.0 Å². The van der Waals surface area contributed by atoms with Gasteiger partial charge in [-0.3, -0.25) is 4.79 Å². The monoisotopic (exact) mass is 423 g/mol. The highest BCUT2D eigenvalue weighted by molar-refractivity contribution is 7.85. The Balaban J connectivity index is 1.66. The maximum Gasteiger partial charge on any atom is 0.409 e. The molecule has 0 aliphatic heterocycles. The molecule has 2 N–H and O–H groups in total. The Labute approximate surface area is 172 Å². The summed E-state index contributed by atoms with van der Waals surface area (Å²) in [4.78, 5) is 11.1. The van der Waals surface area contributed by atoms with Gasteiger partial charge in [-0.25, -0.2) is 4.72 Å². The lowest BCUT2D eigenvalue weighted by Crippen LogP contribution is -2.43. The molecule has 1 aromatic rings. The van der Waals surface area contributed by atoms with Crippen LogP contribution in [0.25, 0.3) is 0 Å². The third kappa shape index (κ3) is 3.50. The molecule has 3 unspecified atom stereocenters. The number of benzene rings is 1. The zero-order chi connectivity index (χ0) is 21.0. The van der Waals surface area contributed by atoms with E-state index in [-0.39, 0.29) is 17.3 Å². The number of hydrogen-bond donors (Lipinski definition) is 2. The number of methoxy groups -OCH3 is 1. The predicted octanol–water partition coefficient (Wildman–Crippen LogP) is 2.67. The number of ether oxygens (including phenoxy) is 1. The minimum Gasteiger partial charge on any atom is -0.493 e. The summed E-state index contributed by atoms with van der Waals surface area (Å²) in [5.41, 5.74) is 2.28. The second-order valence-electron chi connectivity index (χ2n) is 8.95. The minimum atomic E-state index is -4.25. The van der Waals surface area contributed by atoms with Crippen LogP contribution in [0.2, 0.25) is 0 Å². The maximum absolute atomic E-state index is 12.0. The quantitative estimate of drug-likeness (QED) is 0.772. The summed E-state index contributed by atoms with van der Waals surface area (Å²) in [5, 5.41) is 10.5. The summed E-state index contributed by atoms with van der Waals surface area (Å²) in [6, 6.07) is 3.64. The fraction of sp³-hybridized carbons (Fsp3) is 0.667. The molecule has 0 bridgehead atoms. The van der Waals surface area contributed by atoms with Crippen LogP contribution in [0.15, 0.2) is 12.1 Å². The van der Waals surface area contributed by atoms with Crippen molar-refractivity contribution in [3.8, 4) is 11.5 Å². The highest BCUT2D eigenvalue weighted by Gasteiger charge is 2.54. The first-order chi connectivity index (χ1) is 13.6. The van der Waals surface area contributed by atoms with Gasteiger partial charge in [0.1, 0.15) is 0 Å². The summed E-state index contributed by atoms with van der Waals surface area (Å²) in [6.45, 7) is 3.35. The van der Waals surface area contributed by atoms with Crippen LogP contribution in [-0.2, 0) is 21.5 Å². The molecule has 7 nitrogen and oxygen atoms in total. The smallest absolute Gasteiger partial charge is 0.409 e. The van der Waals surface area contributed by atoms with E-state index in [2.05, 4.69) is 6.92 Å². The lowest BCUT2D eigenvalue weighted by molar-refractivity contribution is -0.117. The normalized spacial score (nSPS) is 33.2. The maximum atomic E-state index is 12.0. The van der Waals surface area contributed by atoms with Crippen LogP contribution in [0.3, 0.4) is 0 Å². The van der Waals surface area contributed by atoms with Crippen molar-refractivity contribution in [1.29, 1.82) is 0 Å². The first-order valence-electron chi connectivity index (χ1n) is 10.3. The number of aryl methyl sites for hydroxylation is 1. The van der Waals surface area contributed by atoms with Gasteiger partial charge in [-0.05, 0) is 85.0 Å². The molecule has 2 saturated carbocycles. The fourth-order valence-corrected chi connectivity index (χ4v) is 6.85. The van der Waals surface area contributed by atoms with E-state index in [0.29, 0.717) is 23.5 Å². The van der Waals surface area contributed by atoms with Crippen molar-refractivity contribution < 1.29 is 27.2 Å². The van der Waals surface area contributed by atoms with Crippen molar-refractivity contribution in [2.75, 3.05) is 7.11 Å². The molecule has 160 valence electrons. The summed E-state index contributed by atoms with van der Waals surface area (Å²) >= 11 is 0. The van der Waals surface area contributed by atoms with Gasteiger partial charge >= 0.3 is 10.3 Å². The third-order valence-corrected chi connectivity index (χ3v) is 8.36. The molecule has 0 saturated heterocycles. The fourth-order valence-electron chi connectivity index (χ4n) is 6.09. The summed E-state index contributed by atoms with van der Waals surface area (Å²) in [6.07, 6.45) is 5.61. The van der Waals surface area contributed by atoms with Crippen molar-refractivity contribution >= 4 is 16.2 Å². The lowest BCUT2D eigenvalue weighted by atomic mass is 9.55. The predicted molar refractivity (Wildman–Crippen MR) is 107 cm³/mol. The largest absolute Gasteiger partial charge is 0.493 e. The molecular formula is C21H29NO6S. The van der Waals surface area contributed by atoms with Crippen LogP contribution < -0.4 is 13.6 Å². The van der Waals surface area contributed by atoms with E-state index < -0.39 is 16.2 Å². The van der Waals surface area contributed by atoms with Crippen molar-refractivity contribution in [3.05, 3.63) is 23.3 Å². The van der Waals surface area contributed by atoms with E-state index in [1.54, 1.807) is 6.07 Å². The van der Waals surface area contributed by atoms with Crippen LogP contribution in [0.5, 0.6) is 11.5 Å². The van der Waals surface area contributed by atoms with Gasteiger partial charge in [0.2, 0.25) is 5.91 Å². The summed E-state index contributed by atoms with van der Waals surface area (Å²) in [5.74, 6) is 1.16. The van der Waals surface area contributed by atoms with Gasteiger partial charge in [0, 0.05) is 6.92 Å². The summed E-state index contributed by atoms with van der Waals surface area (Å²) in [7, 11) is -2.77. The van der Waals surface area contributed by atoms with Crippen molar-refractivity contribution in [3.63, 3.8) is 0 Å². The van der Waals surface area contributed by atoms with Gasteiger partial charge in [-0.2, -0.15) is 8.42 Å². The lowest BCUT2D eigenvalue weighted by Gasteiger charge is -2.50. The Morgan fingerprint density at radius 3 is 2.66 bits per heavy atom. The molecule has 0 aromatic heterocycles. The Morgan fingerprint density at radius 1 is 1.21 bits per heavy atom. The average Bonchev–Trinajstić information content (AvgIpc) is 2.94. The second kappa shape index (κ2) is 7.16. The van der Waals surface area contributed by atoms with Crippen molar-refractivity contribution in [1.82, 2.24) is 4.72 Å². The molecule has 2 fully saturated rings. The zero-order valence-corrected chi connectivity index (χ0v) is 17.9. The molecule has 3 aliphatic carbocycles. The molecule has 0 spiro atoms. The van der Waals surface area contributed by atoms with Crippen molar-refractivity contribution in [2.45, 2.75) is 64.4 Å². The van der Waals surface area contributed by atoms with Crippen LogP contribution >= 0.6 is 0 Å². The summed E-state index contributed by atoms with van der Waals surface area (Å²) < 4.78 is 36.4. The number of hydrogen-bond acceptors (Lipinski definition) is 6. The Morgan fingerprint density at radius 2 is 1.97 bits per heavy atom. The zero-order valence-electron chi connectivity index (χ0n) is 17.1. The van der Waals surface area contributed by atoms with Crippen LogP contribution in [0, 0.1) is 17.3 Å². The Kier molecular flexibility index (Phi) is 5.06. The number of carbonyl (C=O) groups excluding carboxylic acids is 1. The second-order valence-corrected chi connectivity index (χ2v) is 10.2. The molecule has 0 heterocycles. The van der Waals surface area contributed by atoms with E-state index in [9.17, 15) is 18.3 Å². The van der Waals surface area contributed by atoms with Crippen molar-refractivity contribution in [2.24, 2.45) is 17.3 Å². The van der Waals surface area contributed by atoms with Crippen LogP contribution in [0.4, 0.5) is 0 Å². The number of rotatable bonds is 4. The third-order valence-electron chi connectivity index (χ3n) is 7.43. The van der Waals surface area contributed by atoms with E-state index in [1.807, 2.05) is 10.8 Å². The first kappa shape index (κ1) is 20.5. The molecule has 0 radical (unpaired) electrons. The average molecular weight is 424 g/mol. The standard InChI is InChI=1S/C21H29NO6S/c1-12(23)22-29(25,26)28-19-10-13-4-5-15-14(16(13)11-18(19)27-3)8-9-21(2)17(15)6-7-20(21)24/h10-11,14-15,17,20,24H,4-9H2,1-3H3,(H,22,23)/t14?,15?,17?,20-,21-/m0/s1. The molecular weight excluding hydrogens is 394 g/mol. The number of fused-ring (bicyclic) bond motifs is 5. The van der Waals surface area contributed by atoms with E-state index >= 15 is 0 Å². The van der Waals surface area contributed by atoms with Gasteiger partial charge in [0.25, 0.3) is 0 Å². The van der Waals surface area contributed by atoms with Gasteiger partial charge in [-0.1, -0.05) is 6.92 Å². The molecule has 3 aliphatic rings. The van der Waals surface area contributed by atoms with Gasteiger partial charge in [0.15, 0.2) is 11.5 Å². The number of nitrogens with one attached hydrogen (secondary N) is 1. The molecule has 5 atom stereocenters. The Bertz CT molecular complexity index is 929. The van der Waals surface area contributed by atoms with E-state index in [4.69, 9.17) is 8.92 Å². The highest BCUT2D eigenvalue weighted by atomic mass is 32.2. The Hall–Kier alpha value is -1.80. The van der Waals surface area contributed by atoms with Gasteiger partial charge in [-0.15, -0.1) is 0 Å². The van der Waals surface area contributed by atoms with Gasteiger partial charge < -0.3 is 14.0 Å². The first-order valence-corrected chi connectivity index (χ1v) is 11.7. The molecule has 29 heavy (non-hydrogen) atoms. The van der Waals surface area contributed by atoms with Crippen LogP contribution in [0.1, 0.15) is 63.0 Å². The highest BCUT2D eigenvalue weighted by Crippen LogP contribution is 2.61. The number of aliphatic hydroxyl groups excluding tert-OH is 1. The number of aliphatic hydroxyl groups is 1. The number of amides is 1. The molecule has 8 heteroatoms. The molecule has 4 rings (SSSR count). The van der Waals surface area contributed by atoms with Crippen LogP contribution in [-0.4, -0.2) is 32.6 Å². The van der Waals surface area contributed by atoms with E-state index in [1.165, 1.54) is 12.7 Å².